The van der Waals surface area contributed by atoms with E-state index in [2.05, 4.69) is 4.98 Å². The molecule has 0 aliphatic rings. The van der Waals surface area contributed by atoms with E-state index in [1.54, 1.807) is 26.0 Å². The topological polar surface area (TPSA) is 75.8 Å². The van der Waals surface area contributed by atoms with Crippen LogP contribution in [-0.4, -0.2) is 30.4 Å². The van der Waals surface area contributed by atoms with Crippen LogP contribution in [-0.2, 0) is 4.74 Å². The van der Waals surface area contributed by atoms with Crippen molar-refractivity contribution in [3.8, 4) is 0 Å². The number of methoxy groups -OCH3 is 1. The number of hydrogen-bond acceptors (Lipinski definition) is 3. The number of carbonyl (C=O) groups is 2. The highest BCUT2D eigenvalue weighted by molar-refractivity contribution is 6.35. The molecule has 1 atom stereocenters. The highest BCUT2D eigenvalue weighted by Gasteiger charge is 2.24. The molecule has 0 aliphatic carbocycles. The fraction of sp³-hybridized carbons (Fsp3) is 0.333. The average molecular weight is 384 g/mol. The molecule has 0 saturated carbocycles. The van der Waals surface area contributed by atoms with Gasteiger partial charge in [0.2, 0.25) is 5.78 Å². The molecule has 0 fully saturated rings. The molecule has 1 aromatic heterocycles. The van der Waals surface area contributed by atoms with Crippen molar-refractivity contribution in [3.63, 3.8) is 0 Å². The van der Waals surface area contributed by atoms with Crippen LogP contribution in [0.2, 0.25) is 10.0 Å². The third kappa shape index (κ3) is 4.24. The molecule has 2 aromatic rings. The van der Waals surface area contributed by atoms with Gasteiger partial charge in [0.25, 0.3) is 0 Å². The van der Waals surface area contributed by atoms with Gasteiger partial charge >= 0.3 is 5.97 Å². The van der Waals surface area contributed by atoms with E-state index in [1.165, 1.54) is 7.11 Å². The Bertz CT molecular complexity index is 815. The van der Waals surface area contributed by atoms with Crippen molar-refractivity contribution in [1.82, 2.24) is 4.98 Å². The number of hydrogen-bond donors (Lipinski definition) is 2. The summed E-state index contributed by atoms with van der Waals surface area (Å²) in [6.45, 7) is 5.68. The summed E-state index contributed by atoms with van der Waals surface area (Å²) >= 11 is 12.1. The average Bonchev–Trinajstić information content (AvgIpc) is 2.86. The van der Waals surface area contributed by atoms with Gasteiger partial charge in [0.1, 0.15) is 12.6 Å². The fourth-order valence-corrected chi connectivity index (χ4v) is 3.40. The van der Waals surface area contributed by atoms with E-state index in [4.69, 9.17) is 27.9 Å². The molecular formula is C18H21Cl2N2O3+. The fourth-order valence-electron chi connectivity index (χ4n) is 2.82. The first-order valence-electron chi connectivity index (χ1n) is 7.85. The first kappa shape index (κ1) is 19.5. The number of halogens is 2. The monoisotopic (exact) mass is 383 g/mol. The Morgan fingerprint density at radius 2 is 1.96 bits per heavy atom. The zero-order valence-electron chi connectivity index (χ0n) is 14.6. The van der Waals surface area contributed by atoms with Gasteiger partial charge in [-0.3, -0.25) is 4.79 Å². The molecule has 5 nitrogen and oxygen atoms in total. The van der Waals surface area contributed by atoms with Gasteiger partial charge in [0.05, 0.1) is 23.4 Å². The maximum absolute atomic E-state index is 12.5. The van der Waals surface area contributed by atoms with Crippen LogP contribution in [0, 0.1) is 13.8 Å². The van der Waals surface area contributed by atoms with E-state index < -0.39 is 5.97 Å². The lowest BCUT2D eigenvalue weighted by atomic mass is 10.1. The normalized spacial score (nSPS) is 12.1. The number of Topliss-reactive ketones (excluding diaryl/α,β-unsaturated/α-hetero) is 1. The van der Waals surface area contributed by atoms with Crippen molar-refractivity contribution in [2.24, 2.45) is 0 Å². The predicted molar refractivity (Wildman–Crippen MR) is 97.6 cm³/mol. The Morgan fingerprint density at radius 1 is 1.28 bits per heavy atom. The van der Waals surface area contributed by atoms with Gasteiger partial charge in [-0.1, -0.05) is 29.3 Å². The number of benzene rings is 1. The number of ether oxygens (including phenoxy) is 1. The zero-order chi connectivity index (χ0) is 18.7. The van der Waals surface area contributed by atoms with E-state index in [9.17, 15) is 9.59 Å². The zero-order valence-corrected chi connectivity index (χ0v) is 16.1. The number of rotatable bonds is 6. The number of carbonyl (C=O) groups excluding carboxylic acids is 2. The van der Waals surface area contributed by atoms with E-state index in [0.717, 1.165) is 5.56 Å². The van der Waals surface area contributed by atoms with Gasteiger partial charge in [-0.05, 0) is 38.5 Å². The molecule has 0 radical (unpaired) electrons. The van der Waals surface area contributed by atoms with Crippen LogP contribution in [0.5, 0.6) is 0 Å². The van der Waals surface area contributed by atoms with Gasteiger partial charge in [0.15, 0.2) is 0 Å². The van der Waals surface area contributed by atoms with Gasteiger partial charge in [-0.15, -0.1) is 0 Å². The summed E-state index contributed by atoms with van der Waals surface area (Å²) in [6.07, 6.45) is 0. The minimum absolute atomic E-state index is 0.00911. The molecule has 0 saturated heterocycles. The molecule has 0 unspecified atom stereocenters. The van der Waals surface area contributed by atoms with Crippen molar-refractivity contribution >= 4 is 35.0 Å². The Kier molecular flexibility index (Phi) is 6.27. The van der Waals surface area contributed by atoms with Crippen LogP contribution in [0.25, 0.3) is 0 Å². The summed E-state index contributed by atoms with van der Waals surface area (Å²) in [5.74, 6) is -0.539. The number of ketones is 1. The molecule has 7 heteroatoms. The lowest BCUT2D eigenvalue weighted by molar-refractivity contribution is -0.681. The third-order valence-corrected chi connectivity index (χ3v) is 4.78. The van der Waals surface area contributed by atoms with Gasteiger partial charge in [0, 0.05) is 16.3 Å². The number of nitrogens with two attached hydrogens (primary N) is 1. The molecule has 0 aliphatic heterocycles. The molecule has 3 N–H and O–H groups in total. The number of nitrogens with one attached hydrogen (secondary N) is 1. The third-order valence-electron chi connectivity index (χ3n) is 4.22. The minimum Gasteiger partial charge on any atom is -0.465 e. The van der Waals surface area contributed by atoms with Crippen LogP contribution in [0.4, 0.5) is 0 Å². The van der Waals surface area contributed by atoms with E-state index in [1.807, 2.05) is 18.3 Å². The minimum atomic E-state index is -0.449. The Balaban J connectivity index is 2.11. The number of aryl methyl sites for hydroxylation is 1. The summed E-state index contributed by atoms with van der Waals surface area (Å²) in [5.41, 5.74) is 3.00. The molecule has 134 valence electrons. The molecular weight excluding hydrogens is 363 g/mol. The highest BCUT2D eigenvalue weighted by Crippen LogP contribution is 2.24. The first-order valence-corrected chi connectivity index (χ1v) is 8.60. The standard InChI is InChI=1S/C18H20Cl2N2O3/c1-9-16(18(24)25-4)11(3)22-17(9)15(23)8-21-10(2)13-6-5-12(19)7-14(13)20/h5-7,10,21-22H,8H2,1-4H3/p+1/t10-/m1/s1. The molecule has 25 heavy (non-hydrogen) atoms. The van der Waals surface area contributed by atoms with Crippen molar-refractivity contribution in [1.29, 1.82) is 0 Å². The quantitative estimate of drug-likeness (QED) is 0.593. The smallest absolute Gasteiger partial charge is 0.339 e. The lowest BCUT2D eigenvalue weighted by Gasteiger charge is -2.12. The van der Waals surface area contributed by atoms with Crippen LogP contribution in [0.15, 0.2) is 18.2 Å². The molecule has 2 rings (SSSR count). The Morgan fingerprint density at radius 3 is 2.56 bits per heavy atom. The lowest BCUT2D eigenvalue weighted by Crippen LogP contribution is -2.86. The molecule has 1 heterocycles. The second-order valence-electron chi connectivity index (χ2n) is 5.93. The van der Waals surface area contributed by atoms with E-state index in [0.29, 0.717) is 32.6 Å². The maximum Gasteiger partial charge on any atom is 0.339 e. The van der Waals surface area contributed by atoms with Crippen molar-refractivity contribution in [2.75, 3.05) is 13.7 Å². The van der Waals surface area contributed by atoms with Crippen LogP contribution >= 0.6 is 23.2 Å². The van der Waals surface area contributed by atoms with Crippen LogP contribution < -0.4 is 5.32 Å². The first-order chi connectivity index (χ1) is 11.8. The maximum atomic E-state index is 12.5. The number of aromatic amines is 1. The molecule has 0 spiro atoms. The largest absolute Gasteiger partial charge is 0.465 e. The summed E-state index contributed by atoms with van der Waals surface area (Å²) in [4.78, 5) is 27.4. The predicted octanol–water partition coefficient (Wildman–Crippen LogP) is 3.23. The molecule has 0 amide bonds. The SMILES string of the molecule is COC(=O)c1c(C)[nH]c(C(=O)C[NH2+][C@H](C)c2ccc(Cl)cc2Cl)c1C. The Hall–Kier alpha value is -1.82. The number of quaternary nitrogens is 1. The van der Waals surface area contributed by atoms with Crippen molar-refractivity contribution < 1.29 is 19.6 Å². The van der Waals surface area contributed by atoms with Crippen LogP contribution in [0.1, 0.15) is 50.6 Å². The van der Waals surface area contributed by atoms with Gasteiger partial charge < -0.3 is 15.0 Å². The summed E-state index contributed by atoms with van der Waals surface area (Å²) in [6, 6.07) is 5.31. The highest BCUT2D eigenvalue weighted by atomic mass is 35.5. The molecule has 0 bridgehead atoms. The second kappa shape index (κ2) is 8.04. The van der Waals surface area contributed by atoms with Crippen molar-refractivity contribution in [2.45, 2.75) is 26.8 Å². The number of aromatic nitrogens is 1. The van der Waals surface area contributed by atoms with Crippen LogP contribution in [0.3, 0.4) is 0 Å². The number of H-pyrrole nitrogens is 1. The number of esters is 1. The second-order valence-corrected chi connectivity index (χ2v) is 6.78. The summed E-state index contributed by atoms with van der Waals surface area (Å²) < 4.78 is 4.77. The Labute approximate surface area is 156 Å². The van der Waals surface area contributed by atoms with E-state index in [-0.39, 0.29) is 18.4 Å². The summed E-state index contributed by atoms with van der Waals surface area (Å²) in [7, 11) is 1.32. The van der Waals surface area contributed by atoms with Gasteiger partial charge in [-0.2, -0.15) is 0 Å². The van der Waals surface area contributed by atoms with Crippen molar-refractivity contribution in [3.05, 3.63) is 56.3 Å². The molecule has 1 aromatic carbocycles. The summed E-state index contributed by atoms with van der Waals surface area (Å²) in [5, 5.41) is 3.04. The van der Waals surface area contributed by atoms with E-state index >= 15 is 0 Å². The van der Waals surface area contributed by atoms with Gasteiger partial charge in [-0.25, -0.2) is 4.79 Å².